The standard InChI is InChI=1S/C14H16ClNO2/c1-17-14-12(15)8-10(6-7-16)9-13(14)18-11-4-2-3-5-11/h8-9,11H,2-6H2,1H3. The highest BCUT2D eigenvalue weighted by molar-refractivity contribution is 6.32. The monoisotopic (exact) mass is 265 g/mol. The minimum atomic E-state index is 0.243. The Balaban J connectivity index is 2.26. The van der Waals surface area contributed by atoms with Gasteiger partial charge in [-0.15, -0.1) is 0 Å². The summed E-state index contributed by atoms with van der Waals surface area (Å²) in [5.74, 6) is 1.22. The van der Waals surface area contributed by atoms with E-state index in [1.807, 2.05) is 6.07 Å². The number of benzene rings is 1. The number of halogens is 1. The zero-order valence-corrected chi connectivity index (χ0v) is 11.2. The second-order valence-corrected chi connectivity index (χ2v) is 4.88. The molecule has 0 atom stereocenters. The molecule has 1 saturated carbocycles. The van der Waals surface area contributed by atoms with Gasteiger partial charge in [-0.25, -0.2) is 0 Å². The summed E-state index contributed by atoms with van der Waals surface area (Å²) in [6, 6.07) is 5.72. The van der Waals surface area contributed by atoms with Crippen molar-refractivity contribution in [1.82, 2.24) is 0 Å². The molecule has 0 saturated heterocycles. The minimum Gasteiger partial charge on any atom is -0.491 e. The van der Waals surface area contributed by atoms with Crippen molar-refractivity contribution in [2.24, 2.45) is 0 Å². The summed E-state index contributed by atoms with van der Waals surface area (Å²) in [5.41, 5.74) is 0.858. The first-order valence-corrected chi connectivity index (χ1v) is 6.52. The summed E-state index contributed by atoms with van der Waals surface area (Å²) >= 11 is 6.14. The molecule has 18 heavy (non-hydrogen) atoms. The van der Waals surface area contributed by atoms with E-state index in [2.05, 4.69) is 6.07 Å². The molecule has 2 rings (SSSR count). The molecule has 1 aromatic carbocycles. The van der Waals surface area contributed by atoms with Crippen molar-refractivity contribution < 1.29 is 9.47 Å². The normalized spacial score (nSPS) is 15.4. The highest BCUT2D eigenvalue weighted by Crippen LogP contribution is 2.38. The van der Waals surface area contributed by atoms with E-state index in [1.165, 1.54) is 12.8 Å². The molecule has 0 unspecified atom stereocenters. The molecule has 0 N–H and O–H groups in total. The van der Waals surface area contributed by atoms with E-state index in [9.17, 15) is 0 Å². The number of hydrogen-bond acceptors (Lipinski definition) is 3. The van der Waals surface area contributed by atoms with Crippen molar-refractivity contribution in [2.75, 3.05) is 7.11 Å². The molecule has 0 heterocycles. The first kappa shape index (κ1) is 13.0. The molecule has 0 bridgehead atoms. The maximum absolute atomic E-state index is 8.75. The molecular formula is C14H16ClNO2. The van der Waals surface area contributed by atoms with Crippen LogP contribution in [-0.2, 0) is 6.42 Å². The van der Waals surface area contributed by atoms with Crippen molar-refractivity contribution in [3.63, 3.8) is 0 Å². The van der Waals surface area contributed by atoms with Crippen LogP contribution in [0.4, 0.5) is 0 Å². The smallest absolute Gasteiger partial charge is 0.179 e. The number of nitrogens with zero attached hydrogens (tertiary/aromatic N) is 1. The second-order valence-electron chi connectivity index (χ2n) is 4.47. The molecule has 1 fully saturated rings. The maximum atomic E-state index is 8.75. The van der Waals surface area contributed by atoms with Crippen molar-refractivity contribution in [3.8, 4) is 17.6 Å². The summed E-state index contributed by atoms with van der Waals surface area (Å²) in [6.45, 7) is 0. The molecule has 1 aliphatic rings. The highest BCUT2D eigenvalue weighted by Gasteiger charge is 2.20. The van der Waals surface area contributed by atoms with Crippen LogP contribution in [0.25, 0.3) is 0 Å². The number of rotatable bonds is 4. The van der Waals surface area contributed by atoms with Crippen molar-refractivity contribution in [1.29, 1.82) is 5.26 Å². The van der Waals surface area contributed by atoms with Gasteiger partial charge in [-0.2, -0.15) is 5.26 Å². The Morgan fingerprint density at radius 1 is 1.39 bits per heavy atom. The van der Waals surface area contributed by atoms with Crippen molar-refractivity contribution in [3.05, 3.63) is 22.7 Å². The predicted octanol–water partition coefficient (Wildman–Crippen LogP) is 3.74. The van der Waals surface area contributed by atoms with Gasteiger partial charge in [-0.3, -0.25) is 0 Å². The van der Waals surface area contributed by atoms with Gasteiger partial charge in [0.05, 0.1) is 30.7 Å². The van der Waals surface area contributed by atoms with E-state index in [1.54, 1.807) is 13.2 Å². The second kappa shape index (κ2) is 5.97. The van der Waals surface area contributed by atoms with Gasteiger partial charge in [0, 0.05) is 0 Å². The average Bonchev–Trinajstić information content (AvgIpc) is 2.82. The molecule has 0 radical (unpaired) electrons. The summed E-state index contributed by atoms with van der Waals surface area (Å²) in [4.78, 5) is 0. The van der Waals surface area contributed by atoms with Gasteiger partial charge < -0.3 is 9.47 Å². The molecule has 1 aliphatic carbocycles. The molecule has 0 aliphatic heterocycles. The quantitative estimate of drug-likeness (QED) is 0.833. The zero-order chi connectivity index (χ0) is 13.0. The zero-order valence-electron chi connectivity index (χ0n) is 10.4. The Kier molecular flexibility index (Phi) is 4.33. The van der Waals surface area contributed by atoms with Gasteiger partial charge in [0.15, 0.2) is 11.5 Å². The van der Waals surface area contributed by atoms with E-state index >= 15 is 0 Å². The lowest BCUT2D eigenvalue weighted by Gasteiger charge is -2.17. The fourth-order valence-corrected chi connectivity index (χ4v) is 2.60. The van der Waals surface area contributed by atoms with Crippen LogP contribution in [0.5, 0.6) is 11.5 Å². The largest absolute Gasteiger partial charge is 0.491 e. The summed E-state index contributed by atoms with van der Waals surface area (Å²) < 4.78 is 11.2. The number of nitriles is 1. The third-order valence-corrected chi connectivity index (χ3v) is 3.43. The summed E-state index contributed by atoms with van der Waals surface area (Å²) in [7, 11) is 1.58. The van der Waals surface area contributed by atoms with Crippen LogP contribution in [0.1, 0.15) is 31.2 Å². The van der Waals surface area contributed by atoms with Crippen molar-refractivity contribution >= 4 is 11.6 Å². The van der Waals surface area contributed by atoms with Gasteiger partial charge in [-0.1, -0.05) is 11.6 Å². The average molecular weight is 266 g/mol. The van der Waals surface area contributed by atoms with Gasteiger partial charge in [0.2, 0.25) is 0 Å². The fraction of sp³-hybridized carbons (Fsp3) is 0.500. The van der Waals surface area contributed by atoms with Gasteiger partial charge in [0.25, 0.3) is 0 Å². The lowest BCUT2D eigenvalue weighted by Crippen LogP contribution is -2.12. The Morgan fingerprint density at radius 3 is 2.72 bits per heavy atom. The molecule has 1 aromatic rings. The van der Waals surface area contributed by atoms with Crippen LogP contribution in [0.3, 0.4) is 0 Å². The van der Waals surface area contributed by atoms with Crippen LogP contribution in [0.15, 0.2) is 12.1 Å². The highest BCUT2D eigenvalue weighted by atomic mass is 35.5. The molecule has 3 nitrogen and oxygen atoms in total. The lowest BCUT2D eigenvalue weighted by molar-refractivity contribution is 0.200. The maximum Gasteiger partial charge on any atom is 0.179 e. The van der Waals surface area contributed by atoms with Crippen LogP contribution in [-0.4, -0.2) is 13.2 Å². The van der Waals surface area contributed by atoms with Crippen LogP contribution in [0, 0.1) is 11.3 Å². The lowest BCUT2D eigenvalue weighted by atomic mass is 10.1. The summed E-state index contributed by atoms with van der Waals surface area (Å²) in [5, 5.41) is 9.25. The predicted molar refractivity (Wildman–Crippen MR) is 70.2 cm³/mol. The van der Waals surface area contributed by atoms with Crippen LogP contribution in [0.2, 0.25) is 5.02 Å². The molecule has 0 amide bonds. The fourth-order valence-electron chi connectivity index (χ4n) is 2.29. The summed E-state index contributed by atoms with van der Waals surface area (Å²) in [6.07, 6.45) is 5.13. The molecule has 4 heteroatoms. The Morgan fingerprint density at radius 2 is 2.11 bits per heavy atom. The van der Waals surface area contributed by atoms with Crippen molar-refractivity contribution in [2.45, 2.75) is 38.2 Å². The molecular weight excluding hydrogens is 250 g/mol. The topological polar surface area (TPSA) is 42.2 Å². The third kappa shape index (κ3) is 2.88. The Labute approximate surface area is 112 Å². The molecule has 0 spiro atoms. The SMILES string of the molecule is COc1c(Cl)cc(CC#N)cc1OC1CCCC1. The van der Waals surface area contributed by atoms with Gasteiger partial charge >= 0.3 is 0 Å². The van der Waals surface area contributed by atoms with Gasteiger partial charge in [-0.05, 0) is 43.4 Å². The van der Waals surface area contributed by atoms with E-state index < -0.39 is 0 Å². The Bertz CT molecular complexity index is 462. The molecule has 96 valence electrons. The minimum absolute atomic E-state index is 0.243. The first-order chi connectivity index (χ1) is 8.74. The van der Waals surface area contributed by atoms with E-state index in [0.29, 0.717) is 22.9 Å². The number of ether oxygens (including phenoxy) is 2. The number of methoxy groups -OCH3 is 1. The Hall–Kier alpha value is -1.40. The van der Waals surface area contributed by atoms with E-state index in [-0.39, 0.29) is 6.10 Å². The van der Waals surface area contributed by atoms with Gasteiger partial charge in [0.1, 0.15) is 0 Å². The van der Waals surface area contributed by atoms with E-state index in [0.717, 1.165) is 18.4 Å². The van der Waals surface area contributed by atoms with Crippen LogP contribution >= 0.6 is 11.6 Å². The number of hydrogen-bond donors (Lipinski definition) is 0. The third-order valence-electron chi connectivity index (χ3n) is 3.15. The van der Waals surface area contributed by atoms with E-state index in [4.69, 9.17) is 26.3 Å². The first-order valence-electron chi connectivity index (χ1n) is 6.14. The molecule has 0 aromatic heterocycles. The van der Waals surface area contributed by atoms with Crippen LogP contribution < -0.4 is 9.47 Å².